The fourth-order valence-electron chi connectivity index (χ4n) is 7.05. The Kier molecular flexibility index (Phi) is 14.3. The highest BCUT2D eigenvalue weighted by molar-refractivity contribution is 6.59. The summed E-state index contributed by atoms with van der Waals surface area (Å²) in [5.41, 5.74) is -0.918. The Bertz CT molecular complexity index is 2040. The second-order valence-corrected chi connectivity index (χ2v) is 13.7. The summed E-state index contributed by atoms with van der Waals surface area (Å²) in [4.78, 5) is 28.1. The molecule has 0 aliphatic carbocycles. The number of fused-ring (bicyclic) bond motifs is 2. The third-order valence-corrected chi connectivity index (χ3v) is 9.92. The largest absolute Gasteiger partial charge is 0.488 e. The van der Waals surface area contributed by atoms with Crippen molar-refractivity contribution in [1.29, 1.82) is 0 Å². The van der Waals surface area contributed by atoms with E-state index in [9.17, 15) is 56.0 Å². The number of benzene rings is 5. The van der Waals surface area contributed by atoms with Crippen LogP contribution in [-0.4, -0.2) is 83.4 Å². The number of nitrogens with zero attached hydrogens (tertiary/aromatic N) is 2. The van der Waals surface area contributed by atoms with Crippen LogP contribution in [0.5, 0.6) is 0 Å². The second kappa shape index (κ2) is 18.7. The molecule has 0 aliphatic rings. The monoisotopic (exact) mass is 812 g/mol. The maximum Gasteiger partial charge on any atom is 0.488 e. The van der Waals surface area contributed by atoms with E-state index in [0.29, 0.717) is 32.7 Å². The van der Waals surface area contributed by atoms with E-state index in [1.54, 1.807) is 34.1 Å². The number of carbonyl (C=O) groups is 2. The van der Waals surface area contributed by atoms with Gasteiger partial charge in [0.2, 0.25) is 0 Å². The zero-order valence-corrected chi connectivity index (χ0v) is 31.5. The minimum Gasteiger partial charge on any atom is -0.469 e. The summed E-state index contributed by atoms with van der Waals surface area (Å²) >= 11 is 0. The molecule has 58 heavy (non-hydrogen) atoms. The highest BCUT2D eigenvalue weighted by Crippen LogP contribution is 2.36. The minimum absolute atomic E-state index is 0.00558. The number of halogens is 6. The van der Waals surface area contributed by atoms with Crippen LogP contribution in [0, 0.1) is 0 Å². The molecule has 0 amide bonds. The van der Waals surface area contributed by atoms with Crippen molar-refractivity contribution in [1.82, 2.24) is 9.80 Å². The van der Waals surface area contributed by atoms with E-state index < -0.39 is 49.7 Å². The van der Waals surface area contributed by atoms with Gasteiger partial charge in [-0.15, -0.1) is 0 Å². The molecule has 0 saturated heterocycles. The molecule has 18 heteroatoms. The fraction of sp³-hybridized carbons (Fsp3) is 0.300. The molecular formula is C40H40B2F6N2O8. The maximum atomic E-state index is 13.8. The van der Waals surface area contributed by atoms with Gasteiger partial charge in [-0.1, -0.05) is 72.8 Å². The average Bonchev–Trinajstić information content (AvgIpc) is 3.18. The van der Waals surface area contributed by atoms with Gasteiger partial charge in [-0.3, -0.25) is 19.4 Å². The Hall–Kier alpha value is -4.97. The number of ether oxygens (including phenoxy) is 2. The van der Waals surface area contributed by atoms with E-state index in [-0.39, 0.29) is 74.2 Å². The maximum absolute atomic E-state index is 13.8. The van der Waals surface area contributed by atoms with Crippen LogP contribution >= 0.6 is 0 Å². The van der Waals surface area contributed by atoms with E-state index in [0.717, 1.165) is 36.4 Å². The molecule has 0 aliphatic heterocycles. The summed E-state index contributed by atoms with van der Waals surface area (Å²) in [6.45, 7) is -0.324. The summed E-state index contributed by atoms with van der Waals surface area (Å²) < 4.78 is 92.6. The third kappa shape index (κ3) is 10.7. The van der Waals surface area contributed by atoms with Gasteiger partial charge < -0.3 is 29.6 Å². The smallest absolute Gasteiger partial charge is 0.469 e. The molecule has 0 heterocycles. The number of alkyl halides is 6. The van der Waals surface area contributed by atoms with E-state index in [4.69, 9.17) is 9.47 Å². The predicted octanol–water partition coefficient (Wildman–Crippen LogP) is 4.52. The molecule has 5 rings (SSSR count). The molecule has 0 fully saturated rings. The molecule has 0 bridgehead atoms. The number of methoxy groups -OCH3 is 2. The lowest BCUT2D eigenvalue weighted by atomic mass is 9.76. The van der Waals surface area contributed by atoms with Gasteiger partial charge in [0.25, 0.3) is 0 Å². The van der Waals surface area contributed by atoms with Crippen LogP contribution in [0.15, 0.2) is 84.9 Å². The Balaban J connectivity index is 1.64. The molecule has 5 aromatic rings. The quantitative estimate of drug-likeness (QED) is 0.0487. The van der Waals surface area contributed by atoms with Gasteiger partial charge >= 0.3 is 38.5 Å². The summed E-state index contributed by atoms with van der Waals surface area (Å²) in [6.07, 6.45) is -9.73. The van der Waals surface area contributed by atoms with Gasteiger partial charge in [0, 0.05) is 39.3 Å². The summed E-state index contributed by atoms with van der Waals surface area (Å²) in [5, 5.41) is 43.1. The van der Waals surface area contributed by atoms with Crippen molar-refractivity contribution >= 4 is 58.6 Å². The van der Waals surface area contributed by atoms with Crippen molar-refractivity contribution in [3.63, 3.8) is 0 Å². The highest BCUT2D eigenvalue weighted by Gasteiger charge is 2.34. The predicted molar refractivity (Wildman–Crippen MR) is 205 cm³/mol. The third-order valence-electron chi connectivity index (χ3n) is 9.92. The number of hydrogen-bond acceptors (Lipinski definition) is 10. The van der Waals surface area contributed by atoms with E-state index >= 15 is 0 Å². The van der Waals surface area contributed by atoms with Crippen LogP contribution in [0.2, 0.25) is 0 Å². The topological polar surface area (TPSA) is 140 Å². The normalized spacial score (nSPS) is 12.1. The van der Waals surface area contributed by atoms with Gasteiger partial charge in [0.05, 0.1) is 38.2 Å². The molecule has 0 radical (unpaired) electrons. The fourth-order valence-corrected chi connectivity index (χ4v) is 7.05. The second-order valence-electron chi connectivity index (χ2n) is 13.7. The summed E-state index contributed by atoms with van der Waals surface area (Å²) in [5.74, 6) is -1.16. The van der Waals surface area contributed by atoms with Crippen molar-refractivity contribution in [3.05, 3.63) is 118 Å². The zero-order chi connectivity index (χ0) is 42.4. The van der Waals surface area contributed by atoms with Gasteiger partial charge in [-0.2, -0.15) is 26.3 Å². The van der Waals surface area contributed by atoms with Crippen LogP contribution in [0.1, 0.15) is 46.2 Å². The first-order valence-electron chi connectivity index (χ1n) is 18.0. The van der Waals surface area contributed by atoms with E-state index in [1.165, 1.54) is 14.2 Å². The Labute approximate surface area is 330 Å². The summed E-state index contributed by atoms with van der Waals surface area (Å²) in [7, 11) is -1.77. The van der Waals surface area contributed by atoms with Crippen LogP contribution < -0.4 is 10.9 Å². The highest BCUT2D eigenvalue weighted by atomic mass is 19.4. The van der Waals surface area contributed by atoms with Gasteiger partial charge in [-0.25, -0.2) is 0 Å². The number of rotatable bonds is 16. The average molecular weight is 812 g/mol. The molecule has 0 unspecified atom stereocenters. The SMILES string of the molecule is COC(=O)CCN(Cc1cc(C(F)(F)F)ccc1B(O)O)Cc1c2ccccc2c(CN(CCC(=O)OC)Cc2cc(C(F)(F)F)ccc2B(O)O)c2ccccc12. The first kappa shape index (κ1) is 44.1. The Morgan fingerprint density at radius 3 is 1.16 bits per heavy atom. The van der Waals surface area contributed by atoms with Crippen LogP contribution in [0.4, 0.5) is 26.3 Å². The number of carbonyl (C=O) groups excluding carboxylic acids is 2. The molecular weight excluding hydrogens is 772 g/mol. The number of esters is 2. The van der Waals surface area contributed by atoms with Crippen molar-refractivity contribution in [2.75, 3.05) is 27.3 Å². The van der Waals surface area contributed by atoms with Crippen LogP contribution in [0.3, 0.4) is 0 Å². The lowest BCUT2D eigenvalue weighted by Gasteiger charge is -2.28. The Morgan fingerprint density at radius 2 is 0.879 bits per heavy atom. The zero-order valence-electron chi connectivity index (χ0n) is 31.5. The van der Waals surface area contributed by atoms with E-state index in [2.05, 4.69) is 0 Å². The molecule has 5 aromatic carbocycles. The van der Waals surface area contributed by atoms with Crippen molar-refractivity contribution in [2.24, 2.45) is 0 Å². The van der Waals surface area contributed by atoms with Crippen molar-refractivity contribution in [2.45, 2.75) is 51.4 Å². The van der Waals surface area contributed by atoms with Crippen molar-refractivity contribution < 1.29 is 65.5 Å². The lowest BCUT2D eigenvalue weighted by molar-refractivity contribution is -0.141. The molecule has 0 saturated carbocycles. The molecule has 0 spiro atoms. The summed E-state index contributed by atoms with van der Waals surface area (Å²) in [6, 6.07) is 19.6. The standard InChI is InChI=1S/C40H40B2F6N2O8/c1-57-37(51)15-17-49(21-25-19-27(39(43,44)45)11-13-35(25)41(53)54)23-33-29-7-3-5-9-31(29)34(32-10-6-4-8-30(32)33)24-50(18-16-38(52)58-2)22-26-20-28(40(46,47)48)12-14-36(26)42(55)56/h3-14,19-20,53-56H,15-18,21-24H2,1-2H3. The Morgan fingerprint density at radius 1 is 0.552 bits per heavy atom. The number of hydrogen-bond donors (Lipinski definition) is 4. The van der Waals surface area contributed by atoms with Gasteiger partial charge in [0.1, 0.15) is 0 Å². The van der Waals surface area contributed by atoms with Crippen molar-refractivity contribution in [3.8, 4) is 0 Å². The molecule has 10 nitrogen and oxygen atoms in total. The van der Waals surface area contributed by atoms with Gasteiger partial charge in [0.15, 0.2) is 0 Å². The lowest BCUT2D eigenvalue weighted by Crippen LogP contribution is -2.37. The minimum atomic E-state index is -4.72. The molecule has 4 N–H and O–H groups in total. The molecule has 0 aromatic heterocycles. The first-order chi connectivity index (χ1) is 27.4. The molecule has 0 atom stereocenters. The van der Waals surface area contributed by atoms with Gasteiger partial charge in [-0.05, 0) is 66.9 Å². The van der Waals surface area contributed by atoms with E-state index in [1.807, 2.05) is 24.3 Å². The van der Waals surface area contributed by atoms with Crippen LogP contribution in [0.25, 0.3) is 21.5 Å². The van der Waals surface area contributed by atoms with Crippen LogP contribution in [-0.2, 0) is 57.6 Å². The first-order valence-corrected chi connectivity index (χ1v) is 18.0. The molecule has 306 valence electrons.